The molecule has 3 nitrogen and oxygen atoms in total. The van der Waals surface area contributed by atoms with Crippen LogP contribution in [0, 0.1) is 0 Å². The molecule has 2 aromatic heterocycles. The minimum absolute atomic E-state index is 0.133. The van der Waals surface area contributed by atoms with Crippen molar-refractivity contribution in [1.82, 2.24) is 9.38 Å². The van der Waals surface area contributed by atoms with Gasteiger partial charge in [0.1, 0.15) is 10.1 Å². The molecule has 2 heterocycles. The van der Waals surface area contributed by atoms with E-state index in [2.05, 4.69) is 20.9 Å². The molecule has 0 aliphatic rings. The number of fused-ring (bicyclic) bond motifs is 1. The Balaban J connectivity index is 2.92. The highest BCUT2D eigenvalue weighted by atomic mass is 79.9. The molecule has 0 saturated heterocycles. The zero-order valence-corrected chi connectivity index (χ0v) is 9.42. The van der Waals surface area contributed by atoms with E-state index < -0.39 is 0 Å². The Kier molecular flexibility index (Phi) is 2.56. The van der Waals surface area contributed by atoms with E-state index in [1.54, 1.807) is 18.3 Å². The number of pyridine rings is 1. The van der Waals surface area contributed by atoms with Crippen molar-refractivity contribution in [2.24, 2.45) is 0 Å². The first kappa shape index (κ1) is 9.68. The first-order valence-electron chi connectivity index (χ1n) is 3.96. The third-order valence-electron chi connectivity index (χ3n) is 1.87. The fraction of sp³-hybridized carbons (Fsp3) is 0.111. The van der Waals surface area contributed by atoms with Crippen LogP contribution in [0.25, 0.3) is 5.65 Å². The normalized spacial score (nSPS) is 10.7. The summed E-state index contributed by atoms with van der Waals surface area (Å²) in [4.78, 5) is 16.0. The van der Waals surface area contributed by atoms with Gasteiger partial charge in [-0.15, -0.1) is 11.6 Å². The molecule has 14 heavy (non-hydrogen) atoms. The fourth-order valence-corrected chi connectivity index (χ4v) is 1.98. The maximum absolute atomic E-state index is 11.7. The first-order chi connectivity index (χ1) is 6.74. The summed E-state index contributed by atoms with van der Waals surface area (Å²) >= 11 is 8.85. The molecule has 0 N–H and O–H groups in total. The van der Waals surface area contributed by atoms with Gasteiger partial charge < -0.3 is 0 Å². The maximum atomic E-state index is 11.7. The summed E-state index contributed by atoms with van der Waals surface area (Å²) in [5, 5.41) is 0. The highest BCUT2D eigenvalue weighted by Gasteiger charge is 2.07. The van der Waals surface area contributed by atoms with E-state index in [-0.39, 0.29) is 11.4 Å². The van der Waals surface area contributed by atoms with Crippen LogP contribution in [0.5, 0.6) is 0 Å². The van der Waals surface area contributed by atoms with Crippen molar-refractivity contribution in [1.29, 1.82) is 0 Å². The molecular weight excluding hydrogens is 267 g/mol. The second-order valence-corrected chi connectivity index (χ2v) is 3.80. The van der Waals surface area contributed by atoms with Crippen molar-refractivity contribution >= 4 is 33.2 Å². The molecule has 0 aromatic carbocycles. The average molecular weight is 274 g/mol. The molecule has 0 spiro atoms. The van der Waals surface area contributed by atoms with E-state index in [9.17, 15) is 4.79 Å². The lowest BCUT2D eigenvalue weighted by Crippen LogP contribution is -2.17. The number of hydrogen-bond acceptors (Lipinski definition) is 2. The predicted octanol–water partition coefficient (Wildman–Crippen LogP) is 2.20. The molecule has 0 saturated carbocycles. The largest absolute Gasteiger partial charge is 0.272 e. The summed E-state index contributed by atoms with van der Waals surface area (Å²) in [5.74, 6) is 0.223. The van der Waals surface area contributed by atoms with Crippen molar-refractivity contribution in [3.05, 3.63) is 44.9 Å². The summed E-state index contributed by atoms with van der Waals surface area (Å²) in [7, 11) is 0. The number of alkyl halides is 1. The van der Waals surface area contributed by atoms with Crippen LogP contribution in [0.3, 0.4) is 0 Å². The second kappa shape index (κ2) is 3.71. The van der Waals surface area contributed by atoms with Gasteiger partial charge in [0.05, 0.1) is 11.6 Å². The van der Waals surface area contributed by atoms with Crippen LogP contribution in [-0.4, -0.2) is 9.38 Å². The Morgan fingerprint density at radius 3 is 3.00 bits per heavy atom. The topological polar surface area (TPSA) is 34.4 Å². The summed E-state index contributed by atoms with van der Waals surface area (Å²) in [6, 6.07) is 5.38. The molecule has 0 atom stereocenters. The van der Waals surface area contributed by atoms with Crippen LogP contribution in [0.4, 0.5) is 0 Å². The molecule has 72 valence electrons. The number of rotatable bonds is 1. The van der Waals surface area contributed by atoms with Gasteiger partial charge in [0.25, 0.3) is 5.56 Å². The number of halogens is 2. The molecule has 0 unspecified atom stereocenters. The minimum atomic E-state index is -0.133. The third-order valence-corrected chi connectivity index (χ3v) is 2.92. The van der Waals surface area contributed by atoms with Crippen LogP contribution in [0.15, 0.2) is 33.7 Å². The molecule has 0 radical (unpaired) electrons. The van der Waals surface area contributed by atoms with Gasteiger partial charge in [-0.3, -0.25) is 9.20 Å². The molecule has 5 heteroatoms. The Morgan fingerprint density at radius 2 is 2.29 bits per heavy atom. The molecule has 0 aliphatic heterocycles. The van der Waals surface area contributed by atoms with E-state index in [1.165, 1.54) is 4.40 Å². The lowest BCUT2D eigenvalue weighted by molar-refractivity contribution is 0.993. The summed E-state index contributed by atoms with van der Waals surface area (Å²) < 4.78 is 1.90. The van der Waals surface area contributed by atoms with Crippen LogP contribution < -0.4 is 5.56 Å². The molecule has 0 aliphatic carbocycles. The lowest BCUT2D eigenvalue weighted by Gasteiger charge is -2.03. The Morgan fingerprint density at radius 1 is 1.50 bits per heavy atom. The fourth-order valence-electron chi connectivity index (χ4n) is 1.20. The molecule has 0 fully saturated rings. The van der Waals surface area contributed by atoms with Gasteiger partial charge in [0.2, 0.25) is 0 Å². The average Bonchev–Trinajstić information content (AvgIpc) is 2.23. The summed E-state index contributed by atoms with van der Waals surface area (Å²) in [5.41, 5.74) is 1.05. The van der Waals surface area contributed by atoms with Crippen LogP contribution in [0.1, 0.15) is 5.69 Å². The minimum Gasteiger partial charge on any atom is -0.268 e. The van der Waals surface area contributed by atoms with Crippen molar-refractivity contribution in [2.75, 3.05) is 0 Å². The summed E-state index contributed by atoms with van der Waals surface area (Å²) in [6.45, 7) is 0. The second-order valence-electron chi connectivity index (χ2n) is 2.74. The van der Waals surface area contributed by atoms with Gasteiger partial charge >= 0.3 is 0 Å². The third kappa shape index (κ3) is 1.44. The zero-order valence-electron chi connectivity index (χ0n) is 7.08. The van der Waals surface area contributed by atoms with Gasteiger partial charge in [0.15, 0.2) is 0 Å². The Hall–Kier alpha value is -0.870. The Bertz CT molecular complexity index is 538. The van der Waals surface area contributed by atoms with Crippen LogP contribution >= 0.6 is 27.5 Å². The monoisotopic (exact) mass is 272 g/mol. The van der Waals surface area contributed by atoms with Crippen molar-refractivity contribution in [2.45, 2.75) is 5.88 Å². The lowest BCUT2D eigenvalue weighted by atomic mass is 10.4. The number of aromatic nitrogens is 2. The molecule has 0 amide bonds. The van der Waals surface area contributed by atoms with Gasteiger partial charge in [-0.1, -0.05) is 6.07 Å². The number of nitrogens with zero attached hydrogens (tertiary/aromatic N) is 2. The summed E-state index contributed by atoms with van der Waals surface area (Å²) in [6.07, 6.45) is 1.67. The van der Waals surface area contributed by atoms with E-state index in [4.69, 9.17) is 11.6 Å². The van der Waals surface area contributed by atoms with E-state index >= 15 is 0 Å². The van der Waals surface area contributed by atoms with Gasteiger partial charge in [-0.05, 0) is 28.1 Å². The zero-order chi connectivity index (χ0) is 10.1. The molecule has 0 bridgehead atoms. The van der Waals surface area contributed by atoms with E-state index in [1.807, 2.05) is 6.07 Å². The van der Waals surface area contributed by atoms with Crippen LogP contribution in [0.2, 0.25) is 0 Å². The maximum Gasteiger partial charge on any atom is 0.272 e. The molecule has 2 rings (SSSR count). The van der Waals surface area contributed by atoms with Crippen molar-refractivity contribution in [3.8, 4) is 0 Å². The van der Waals surface area contributed by atoms with Crippen LogP contribution in [-0.2, 0) is 5.88 Å². The highest BCUT2D eigenvalue weighted by Crippen LogP contribution is 2.12. The van der Waals surface area contributed by atoms with Gasteiger partial charge in [0, 0.05) is 6.20 Å². The SMILES string of the molecule is O=c1c(Br)c(CCl)nc2ccccn12. The number of hydrogen-bond donors (Lipinski definition) is 0. The smallest absolute Gasteiger partial charge is 0.268 e. The first-order valence-corrected chi connectivity index (χ1v) is 5.28. The van der Waals surface area contributed by atoms with Crippen molar-refractivity contribution in [3.63, 3.8) is 0 Å². The molecular formula is C9H6BrClN2O. The van der Waals surface area contributed by atoms with E-state index in [0.29, 0.717) is 15.8 Å². The quantitative estimate of drug-likeness (QED) is 0.747. The Labute approximate surface area is 93.5 Å². The van der Waals surface area contributed by atoms with Gasteiger partial charge in [-0.2, -0.15) is 0 Å². The highest BCUT2D eigenvalue weighted by molar-refractivity contribution is 9.10. The van der Waals surface area contributed by atoms with Crippen molar-refractivity contribution < 1.29 is 0 Å². The van der Waals surface area contributed by atoms with E-state index in [0.717, 1.165) is 0 Å². The molecule has 2 aromatic rings. The van der Waals surface area contributed by atoms with Gasteiger partial charge in [-0.25, -0.2) is 4.98 Å². The standard InChI is InChI=1S/C9H6BrClN2O/c10-8-6(5-11)12-7-3-1-2-4-13(7)9(8)14/h1-4H,5H2. The predicted molar refractivity (Wildman–Crippen MR) is 58.7 cm³/mol.